The minimum atomic E-state index is -4.60. The van der Waals surface area contributed by atoms with Crippen molar-refractivity contribution < 1.29 is 23.4 Å². The fraction of sp³-hybridized carbons (Fsp3) is 0.667. The number of aliphatic hydroxyl groups is 1. The summed E-state index contributed by atoms with van der Waals surface area (Å²) in [5.74, 6) is -0.0687. The summed E-state index contributed by atoms with van der Waals surface area (Å²) in [5.41, 5.74) is -1.84. The van der Waals surface area contributed by atoms with E-state index in [1.165, 1.54) is 6.07 Å². The first kappa shape index (κ1) is 17.5. The molecule has 2 saturated carbocycles. The van der Waals surface area contributed by atoms with Gasteiger partial charge in [-0.05, 0) is 62.9 Å². The zero-order chi connectivity index (χ0) is 17.7. The minimum Gasteiger partial charge on any atom is -0.507 e. The van der Waals surface area contributed by atoms with E-state index in [0.29, 0.717) is 30.4 Å². The second-order valence-electron chi connectivity index (χ2n) is 7.67. The van der Waals surface area contributed by atoms with E-state index < -0.39 is 23.1 Å². The Kier molecular flexibility index (Phi) is 4.33. The van der Waals surface area contributed by atoms with Gasteiger partial charge in [-0.25, -0.2) is 0 Å². The molecule has 2 fully saturated rings. The van der Waals surface area contributed by atoms with E-state index in [0.717, 1.165) is 31.4 Å². The van der Waals surface area contributed by atoms with Crippen molar-refractivity contribution in [2.45, 2.75) is 37.5 Å². The molecule has 0 unspecified atom stereocenters. The van der Waals surface area contributed by atoms with E-state index in [9.17, 15) is 23.4 Å². The van der Waals surface area contributed by atoms with Gasteiger partial charge in [-0.2, -0.15) is 13.2 Å². The summed E-state index contributed by atoms with van der Waals surface area (Å²) in [6.07, 6.45) is -0.859. The number of fused-ring (bicyclic) bond motifs is 2. The summed E-state index contributed by atoms with van der Waals surface area (Å²) >= 11 is 0. The lowest BCUT2D eigenvalue weighted by molar-refractivity contribution is -0.139. The molecule has 24 heavy (non-hydrogen) atoms. The SMILES string of the molecule is CN(C)C[C@H]1[C@H]2CC[C@H](C2)C[C@]1(O)c1ccc(C(F)(F)F)c(O)c1. The molecule has 0 amide bonds. The smallest absolute Gasteiger partial charge is 0.419 e. The zero-order valence-electron chi connectivity index (χ0n) is 14.0. The standard InChI is InChI=1S/C18H24F3NO2/c1-22(2)10-15-12-4-3-11(7-12)9-17(15,24)13-5-6-14(16(23)8-13)18(19,20)21/h5-6,8,11-12,15,23-24H,3-4,7,9-10H2,1-2H3/t11-,12+,15+,17+/m1/s1. The first-order valence-electron chi connectivity index (χ1n) is 8.39. The number of benzene rings is 1. The number of hydrogen-bond acceptors (Lipinski definition) is 3. The highest BCUT2D eigenvalue weighted by Crippen LogP contribution is 2.54. The maximum absolute atomic E-state index is 12.9. The molecule has 0 heterocycles. The highest BCUT2D eigenvalue weighted by atomic mass is 19.4. The van der Waals surface area contributed by atoms with Gasteiger partial charge in [0, 0.05) is 12.5 Å². The van der Waals surface area contributed by atoms with Crippen LogP contribution in [0.3, 0.4) is 0 Å². The van der Waals surface area contributed by atoms with Gasteiger partial charge in [0.15, 0.2) is 0 Å². The third-order valence-electron chi connectivity index (χ3n) is 5.73. The van der Waals surface area contributed by atoms with Gasteiger partial charge in [-0.3, -0.25) is 0 Å². The van der Waals surface area contributed by atoms with Crippen LogP contribution in [0, 0.1) is 17.8 Å². The minimum absolute atomic E-state index is 0.0395. The summed E-state index contributed by atoms with van der Waals surface area (Å²) in [6.45, 7) is 0.676. The maximum Gasteiger partial charge on any atom is 0.419 e. The van der Waals surface area contributed by atoms with Crippen LogP contribution >= 0.6 is 0 Å². The summed E-state index contributed by atoms with van der Waals surface area (Å²) in [4.78, 5) is 2.01. The topological polar surface area (TPSA) is 43.7 Å². The monoisotopic (exact) mass is 343 g/mol. The van der Waals surface area contributed by atoms with Crippen LogP contribution in [-0.2, 0) is 11.8 Å². The van der Waals surface area contributed by atoms with E-state index in [2.05, 4.69) is 0 Å². The average molecular weight is 343 g/mol. The molecule has 2 aliphatic carbocycles. The number of halogens is 3. The lowest BCUT2D eigenvalue weighted by Gasteiger charge is -2.45. The third kappa shape index (κ3) is 3.02. The molecule has 2 N–H and O–H groups in total. The fourth-order valence-corrected chi connectivity index (χ4v) is 4.71. The Morgan fingerprint density at radius 1 is 1.25 bits per heavy atom. The van der Waals surface area contributed by atoms with E-state index in [4.69, 9.17) is 0 Å². The Morgan fingerprint density at radius 3 is 2.54 bits per heavy atom. The molecule has 3 nitrogen and oxygen atoms in total. The van der Waals surface area contributed by atoms with Gasteiger partial charge in [-0.15, -0.1) is 0 Å². The Labute approximate surface area is 140 Å². The predicted octanol–water partition coefficient (Wildman–Crippen LogP) is 3.60. The van der Waals surface area contributed by atoms with Crippen LogP contribution in [-0.4, -0.2) is 35.8 Å². The van der Waals surface area contributed by atoms with Crippen molar-refractivity contribution in [1.82, 2.24) is 4.90 Å². The molecular weight excluding hydrogens is 319 g/mol. The predicted molar refractivity (Wildman–Crippen MR) is 84.5 cm³/mol. The number of rotatable bonds is 3. The lowest BCUT2D eigenvalue weighted by atomic mass is 9.66. The summed E-state index contributed by atoms with van der Waals surface area (Å²) in [5, 5.41) is 21.3. The quantitative estimate of drug-likeness (QED) is 0.881. The van der Waals surface area contributed by atoms with Gasteiger partial charge in [-0.1, -0.05) is 12.5 Å². The molecule has 0 saturated heterocycles. The van der Waals surface area contributed by atoms with Gasteiger partial charge in [0.05, 0.1) is 11.2 Å². The van der Waals surface area contributed by atoms with Gasteiger partial charge in [0.2, 0.25) is 0 Å². The molecule has 0 radical (unpaired) electrons. The van der Waals surface area contributed by atoms with Crippen LogP contribution in [0.25, 0.3) is 0 Å². The van der Waals surface area contributed by atoms with Gasteiger partial charge in [0.1, 0.15) is 5.75 Å². The number of hydrogen-bond donors (Lipinski definition) is 2. The molecule has 134 valence electrons. The van der Waals surface area contributed by atoms with Crippen molar-refractivity contribution >= 4 is 0 Å². The van der Waals surface area contributed by atoms with E-state index in [1.54, 1.807) is 0 Å². The largest absolute Gasteiger partial charge is 0.507 e. The van der Waals surface area contributed by atoms with Crippen molar-refractivity contribution in [2.24, 2.45) is 17.8 Å². The van der Waals surface area contributed by atoms with Gasteiger partial charge < -0.3 is 15.1 Å². The summed E-state index contributed by atoms with van der Waals surface area (Å²) < 4.78 is 38.6. The first-order chi connectivity index (χ1) is 11.1. The number of nitrogens with zero attached hydrogens (tertiary/aromatic N) is 1. The Bertz CT molecular complexity index is 617. The Morgan fingerprint density at radius 2 is 1.96 bits per heavy atom. The van der Waals surface area contributed by atoms with Gasteiger partial charge >= 0.3 is 6.18 Å². The van der Waals surface area contributed by atoms with Crippen LogP contribution in [0.4, 0.5) is 13.2 Å². The van der Waals surface area contributed by atoms with E-state index >= 15 is 0 Å². The molecule has 2 bridgehead atoms. The van der Waals surface area contributed by atoms with Crippen molar-refractivity contribution in [2.75, 3.05) is 20.6 Å². The molecule has 2 aliphatic rings. The number of phenols is 1. The number of alkyl halides is 3. The van der Waals surface area contributed by atoms with Crippen molar-refractivity contribution in [3.05, 3.63) is 29.3 Å². The van der Waals surface area contributed by atoms with Crippen molar-refractivity contribution in [1.29, 1.82) is 0 Å². The molecule has 6 heteroatoms. The maximum atomic E-state index is 12.9. The molecular formula is C18H24F3NO2. The molecule has 4 atom stereocenters. The Hall–Kier alpha value is -1.27. The second-order valence-corrected chi connectivity index (χ2v) is 7.67. The molecule has 1 aromatic carbocycles. The third-order valence-corrected chi connectivity index (χ3v) is 5.73. The zero-order valence-corrected chi connectivity index (χ0v) is 14.0. The van der Waals surface area contributed by atoms with Gasteiger partial charge in [0.25, 0.3) is 0 Å². The van der Waals surface area contributed by atoms with Crippen molar-refractivity contribution in [3.8, 4) is 5.75 Å². The van der Waals surface area contributed by atoms with Crippen LogP contribution in [0.1, 0.15) is 36.8 Å². The van der Waals surface area contributed by atoms with Crippen molar-refractivity contribution in [3.63, 3.8) is 0 Å². The summed E-state index contributed by atoms with van der Waals surface area (Å²) in [7, 11) is 3.87. The fourth-order valence-electron chi connectivity index (χ4n) is 4.71. The number of aromatic hydroxyl groups is 1. The molecule has 0 aromatic heterocycles. The first-order valence-corrected chi connectivity index (χ1v) is 8.39. The highest BCUT2D eigenvalue weighted by molar-refractivity contribution is 5.41. The second kappa shape index (κ2) is 5.92. The van der Waals surface area contributed by atoms with Crippen LogP contribution in [0.5, 0.6) is 5.75 Å². The van der Waals surface area contributed by atoms with Crippen LogP contribution < -0.4 is 0 Å². The normalized spacial score (nSPS) is 33.2. The molecule has 0 spiro atoms. The number of phenolic OH excluding ortho intramolecular Hbond substituents is 1. The molecule has 3 rings (SSSR count). The Balaban J connectivity index is 2.00. The van der Waals surface area contributed by atoms with E-state index in [-0.39, 0.29) is 5.92 Å². The van der Waals surface area contributed by atoms with Crippen LogP contribution in [0.2, 0.25) is 0 Å². The van der Waals surface area contributed by atoms with E-state index in [1.807, 2.05) is 19.0 Å². The van der Waals surface area contributed by atoms with Crippen LogP contribution in [0.15, 0.2) is 18.2 Å². The average Bonchev–Trinajstić information content (AvgIpc) is 2.85. The molecule has 0 aliphatic heterocycles. The molecule has 1 aromatic rings. The lowest BCUT2D eigenvalue weighted by Crippen LogP contribution is -2.47. The highest BCUT2D eigenvalue weighted by Gasteiger charge is 2.51. The summed E-state index contributed by atoms with van der Waals surface area (Å²) in [6, 6.07) is 3.32.